The molecule has 0 N–H and O–H groups in total. The molecule has 0 saturated heterocycles. The fourth-order valence-corrected chi connectivity index (χ4v) is 7.57. The van der Waals surface area contributed by atoms with E-state index < -0.39 is 5.41 Å². The van der Waals surface area contributed by atoms with Crippen LogP contribution in [0.4, 0.5) is 0 Å². The van der Waals surface area contributed by atoms with Crippen LogP contribution >= 0.6 is 0 Å². The van der Waals surface area contributed by atoms with E-state index in [2.05, 4.69) is 141 Å². The Balaban J connectivity index is 0.000000345. The van der Waals surface area contributed by atoms with Gasteiger partial charge in [0.05, 0.1) is 68.2 Å². The first-order valence-electron chi connectivity index (χ1n) is 26.4. The van der Waals surface area contributed by atoms with E-state index in [1.807, 2.05) is 94.4 Å². The summed E-state index contributed by atoms with van der Waals surface area (Å²) in [6.45, 7) is 18.0. The monoisotopic (exact) mass is 1030 g/mol. The van der Waals surface area contributed by atoms with Crippen molar-refractivity contribution in [1.82, 2.24) is 0 Å². The van der Waals surface area contributed by atoms with Gasteiger partial charge in [-0.25, -0.2) is 0 Å². The first kappa shape index (κ1) is 64.9. The molecule has 0 bridgehead atoms. The lowest BCUT2D eigenvalue weighted by Gasteiger charge is -2.30. The van der Waals surface area contributed by atoms with Gasteiger partial charge in [-0.15, -0.1) is 0 Å². The van der Waals surface area contributed by atoms with Crippen LogP contribution in [0.1, 0.15) is 75.3 Å². The SMILES string of the molecule is CC(=O)OCC[N+](C)(C)Cc1ccccc1.CC(C)(C)C(=O)OCC[N+](C)(C)Cc1ccccc1.CCCC(=O)OCC[N+](C)(C)Cc1ccccc1.C[N+](C)(CCOC(=O)Cc1ccccc1)Cc1ccccc1. The van der Waals surface area contributed by atoms with Crippen molar-refractivity contribution in [2.24, 2.45) is 5.41 Å². The fourth-order valence-electron chi connectivity index (χ4n) is 7.57. The average molecular weight is 1040 g/mol. The van der Waals surface area contributed by atoms with Crippen LogP contribution in [0.25, 0.3) is 0 Å². The minimum atomic E-state index is -0.420. The van der Waals surface area contributed by atoms with Gasteiger partial charge in [-0.3, -0.25) is 19.2 Å². The van der Waals surface area contributed by atoms with Gasteiger partial charge in [0.15, 0.2) is 0 Å². The minimum absolute atomic E-state index is 0.0859. The Bertz CT molecular complexity index is 2340. The molecule has 0 aliphatic carbocycles. The number of rotatable bonds is 24. The number of quaternary nitrogens is 4. The van der Waals surface area contributed by atoms with Crippen LogP contribution < -0.4 is 0 Å². The number of ether oxygens (including phenoxy) is 4. The lowest BCUT2D eigenvalue weighted by Crippen LogP contribution is -2.42. The minimum Gasteiger partial charge on any atom is -0.460 e. The second-order valence-electron chi connectivity index (χ2n) is 22.8. The number of nitrogens with zero attached hydrogens (tertiary/aromatic N) is 4. The van der Waals surface area contributed by atoms with Crippen molar-refractivity contribution in [3.8, 4) is 0 Å². The molecule has 0 aliphatic rings. The Morgan fingerprint density at radius 2 is 0.653 bits per heavy atom. The summed E-state index contributed by atoms with van der Waals surface area (Å²) in [6.07, 6.45) is 1.71. The summed E-state index contributed by atoms with van der Waals surface area (Å²) in [4.78, 5) is 45.4. The Hall–Kier alpha value is -6.18. The van der Waals surface area contributed by atoms with Crippen molar-refractivity contribution in [2.75, 3.05) is 109 Å². The molecule has 0 aliphatic heterocycles. The van der Waals surface area contributed by atoms with Gasteiger partial charge in [0.25, 0.3) is 0 Å². The molecular formula is C63H94N4O8+4. The van der Waals surface area contributed by atoms with Gasteiger partial charge >= 0.3 is 23.9 Å². The van der Waals surface area contributed by atoms with Crippen molar-refractivity contribution in [3.05, 3.63) is 179 Å². The maximum absolute atomic E-state index is 11.8. The number of carbonyl (C=O) groups excluding carboxylic acids is 4. The first-order valence-corrected chi connectivity index (χ1v) is 26.4. The number of esters is 4. The molecule has 5 aromatic carbocycles. The van der Waals surface area contributed by atoms with Crippen molar-refractivity contribution in [2.45, 2.75) is 80.1 Å². The van der Waals surface area contributed by atoms with Crippen LogP contribution in [0.2, 0.25) is 0 Å². The van der Waals surface area contributed by atoms with Crippen molar-refractivity contribution >= 4 is 23.9 Å². The van der Waals surface area contributed by atoms with Crippen LogP contribution in [0.3, 0.4) is 0 Å². The third kappa shape index (κ3) is 32.7. The van der Waals surface area contributed by atoms with E-state index in [4.69, 9.17) is 18.9 Å². The Morgan fingerprint density at radius 3 is 0.933 bits per heavy atom. The van der Waals surface area contributed by atoms with Crippen LogP contribution in [0.5, 0.6) is 0 Å². The quantitative estimate of drug-likeness (QED) is 0.0342. The Kier molecular flexibility index (Phi) is 29.2. The topological polar surface area (TPSA) is 105 Å². The summed E-state index contributed by atoms with van der Waals surface area (Å²) in [5.41, 5.74) is 5.78. The smallest absolute Gasteiger partial charge is 0.311 e. The van der Waals surface area contributed by atoms with E-state index in [0.29, 0.717) is 39.3 Å². The molecule has 12 nitrogen and oxygen atoms in total. The molecule has 0 saturated carbocycles. The Labute approximate surface area is 452 Å². The molecule has 0 spiro atoms. The molecule has 0 unspecified atom stereocenters. The van der Waals surface area contributed by atoms with E-state index in [1.54, 1.807) is 0 Å². The van der Waals surface area contributed by atoms with Gasteiger partial charge in [-0.1, -0.05) is 159 Å². The standard InChI is InChI=1S/C19H24NO2.C16H26NO2.C15H24NO2.C13H20NO2/c1-20(2,16-18-11-7-4-8-12-18)13-14-22-19(21)15-17-9-5-3-6-10-17;1-16(2,3)15(18)19-12-11-17(4,5)13-14-9-7-6-8-10-14;1-4-8-15(17)18-12-11-16(2,3)13-14-9-6-5-7-10-14;1-12(15)16-10-9-14(2,3)11-13-7-5-4-6-8-13/h3-12H,13-16H2,1-2H3;6-10H,11-13H2,1-5H3;5-7,9-10H,4,8,11-13H2,1-3H3;4-8H,9-11H2,1-3H3/q4*+1. The van der Waals surface area contributed by atoms with Gasteiger partial charge in [0, 0.05) is 35.6 Å². The highest BCUT2D eigenvalue weighted by Gasteiger charge is 2.25. The number of likely N-dealkylation sites (N-methyl/N-ethyl adjacent to an activating group) is 4. The lowest BCUT2D eigenvalue weighted by molar-refractivity contribution is -0.903. The zero-order valence-corrected chi connectivity index (χ0v) is 48.1. The highest BCUT2D eigenvalue weighted by Crippen LogP contribution is 2.16. The summed E-state index contributed by atoms with van der Waals surface area (Å²) in [7, 11) is 17.2. The van der Waals surface area contributed by atoms with Crippen LogP contribution in [-0.4, -0.2) is 151 Å². The van der Waals surface area contributed by atoms with Gasteiger partial charge < -0.3 is 36.9 Å². The molecular weight excluding hydrogens is 941 g/mol. The molecule has 0 fully saturated rings. The molecule has 410 valence electrons. The molecule has 5 rings (SSSR count). The van der Waals surface area contributed by atoms with E-state index in [0.717, 1.165) is 82.3 Å². The summed E-state index contributed by atoms with van der Waals surface area (Å²) in [5, 5.41) is 0. The summed E-state index contributed by atoms with van der Waals surface area (Å²) < 4.78 is 24.1. The number of carbonyl (C=O) groups is 4. The van der Waals surface area contributed by atoms with E-state index in [-0.39, 0.29) is 23.9 Å². The fraction of sp³-hybridized carbons (Fsp3) is 0.460. The number of hydrogen-bond donors (Lipinski definition) is 0. The second-order valence-corrected chi connectivity index (χ2v) is 22.8. The lowest BCUT2D eigenvalue weighted by atomic mass is 9.97. The van der Waals surface area contributed by atoms with Gasteiger partial charge in [0.1, 0.15) is 78.8 Å². The van der Waals surface area contributed by atoms with Gasteiger partial charge in [-0.05, 0) is 32.8 Å². The normalized spacial score (nSPS) is 11.5. The second kappa shape index (κ2) is 33.7. The van der Waals surface area contributed by atoms with Crippen molar-refractivity contribution in [3.63, 3.8) is 0 Å². The number of hydrogen-bond acceptors (Lipinski definition) is 8. The summed E-state index contributed by atoms with van der Waals surface area (Å²) in [6, 6.07) is 51.2. The summed E-state index contributed by atoms with van der Waals surface area (Å²) >= 11 is 0. The first-order chi connectivity index (χ1) is 35.3. The Morgan fingerprint density at radius 1 is 0.387 bits per heavy atom. The molecule has 0 aromatic heterocycles. The molecule has 0 atom stereocenters. The molecule has 75 heavy (non-hydrogen) atoms. The van der Waals surface area contributed by atoms with Gasteiger partial charge in [-0.2, -0.15) is 0 Å². The van der Waals surface area contributed by atoms with Crippen LogP contribution in [0, 0.1) is 5.41 Å². The number of benzene rings is 5. The average Bonchev–Trinajstić information content (AvgIpc) is 3.32. The molecule has 0 heterocycles. The van der Waals surface area contributed by atoms with Gasteiger partial charge in [0.2, 0.25) is 0 Å². The third-order valence-corrected chi connectivity index (χ3v) is 11.9. The van der Waals surface area contributed by atoms with E-state index in [1.165, 1.54) is 29.2 Å². The van der Waals surface area contributed by atoms with Crippen LogP contribution in [0.15, 0.2) is 152 Å². The van der Waals surface area contributed by atoms with Crippen LogP contribution in [-0.2, 0) is 70.7 Å². The van der Waals surface area contributed by atoms with Crippen molar-refractivity contribution < 1.29 is 56.1 Å². The highest BCUT2D eigenvalue weighted by atomic mass is 16.5. The largest absolute Gasteiger partial charge is 0.460 e. The van der Waals surface area contributed by atoms with Crippen molar-refractivity contribution in [1.29, 1.82) is 0 Å². The molecule has 5 aromatic rings. The highest BCUT2D eigenvalue weighted by molar-refractivity contribution is 5.75. The predicted molar refractivity (Wildman–Crippen MR) is 303 cm³/mol. The zero-order chi connectivity index (χ0) is 55.8. The third-order valence-electron chi connectivity index (χ3n) is 11.9. The molecule has 12 heteroatoms. The van der Waals surface area contributed by atoms with E-state index >= 15 is 0 Å². The predicted octanol–water partition coefficient (Wildman–Crippen LogP) is 10.3. The van der Waals surface area contributed by atoms with E-state index in [9.17, 15) is 19.2 Å². The molecule has 0 radical (unpaired) electrons. The molecule has 0 amide bonds. The maximum atomic E-state index is 11.8. The zero-order valence-electron chi connectivity index (χ0n) is 48.1. The maximum Gasteiger partial charge on any atom is 0.311 e. The summed E-state index contributed by atoms with van der Waals surface area (Å²) in [5.74, 6) is -0.588.